The maximum absolute atomic E-state index is 11.9. The Balaban J connectivity index is 1.48. The predicted octanol–water partition coefficient (Wildman–Crippen LogP) is 4.91. The van der Waals surface area contributed by atoms with Crippen LogP contribution in [0.3, 0.4) is 0 Å². The number of nitrogens with zero attached hydrogens (tertiary/aromatic N) is 1. The number of nitrogens with one attached hydrogen (secondary N) is 2. The van der Waals surface area contributed by atoms with Crippen molar-refractivity contribution in [2.24, 2.45) is 0 Å². The Hall–Kier alpha value is -2.96. The van der Waals surface area contributed by atoms with E-state index in [0.717, 1.165) is 26.6 Å². The van der Waals surface area contributed by atoms with Crippen LogP contribution in [-0.4, -0.2) is 29.8 Å². The first kappa shape index (κ1) is 20.8. The number of aromatic nitrogens is 1. The van der Waals surface area contributed by atoms with Gasteiger partial charge in [-0.2, -0.15) is 0 Å². The second kappa shape index (κ2) is 10.0. The molecule has 7 heteroatoms. The Labute approximate surface area is 178 Å². The molecule has 2 heterocycles. The Kier molecular flexibility index (Phi) is 7.16. The number of amides is 1. The van der Waals surface area contributed by atoms with E-state index >= 15 is 0 Å². The van der Waals surface area contributed by atoms with E-state index in [1.165, 1.54) is 17.4 Å². The number of hydrogen-bond acceptors (Lipinski definition) is 5. The molecule has 5 nitrogen and oxygen atoms in total. The predicted molar refractivity (Wildman–Crippen MR) is 120 cm³/mol. The summed E-state index contributed by atoms with van der Waals surface area (Å²) in [7, 11) is 0. The lowest BCUT2D eigenvalue weighted by Crippen LogP contribution is -2.27. The largest absolute Gasteiger partial charge is 0.382 e. The van der Waals surface area contributed by atoms with Crippen LogP contribution in [-0.2, 0) is 4.79 Å². The Bertz CT molecular complexity index is 1030. The van der Waals surface area contributed by atoms with Crippen LogP contribution in [0, 0.1) is 0 Å². The standard InChI is InChI=1S/C22H20ClN3O2S/c1-15(27)20-7-8-21(29-20)17-5-6-19(18(23)13-17)25-11-12-26-22(28)9-4-16-3-2-10-24-14-16/h2-10,13-14,25H,11-12H2,1H3,(H,26,28). The van der Waals surface area contributed by atoms with Crippen LogP contribution in [0.1, 0.15) is 22.2 Å². The Morgan fingerprint density at radius 3 is 2.72 bits per heavy atom. The Morgan fingerprint density at radius 1 is 1.17 bits per heavy atom. The zero-order chi connectivity index (χ0) is 20.6. The monoisotopic (exact) mass is 425 g/mol. The first-order valence-electron chi connectivity index (χ1n) is 9.03. The van der Waals surface area contributed by atoms with E-state index in [9.17, 15) is 9.59 Å². The first-order valence-corrected chi connectivity index (χ1v) is 10.2. The quantitative estimate of drug-likeness (QED) is 0.305. The van der Waals surface area contributed by atoms with Crippen molar-refractivity contribution in [3.05, 3.63) is 76.4 Å². The summed E-state index contributed by atoms with van der Waals surface area (Å²) in [5, 5.41) is 6.61. The van der Waals surface area contributed by atoms with Gasteiger partial charge < -0.3 is 10.6 Å². The second-order valence-corrected chi connectivity index (χ2v) is 7.74. The average Bonchev–Trinajstić information content (AvgIpc) is 3.22. The fraction of sp³-hybridized carbons (Fsp3) is 0.136. The van der Waals surface area contributed by atoms with Crippen LogP contribution >= 0.6 is 22.9 Å². The zero-order valence-corrected chi connectivity index (χ0v) is 17.4. The van der Waals surface area contributed by atoms with E-state index < -0.39 is 0 Å². The van der Waals surface area contributed by atoms with Gasteiger partial charge in [0.2, 0.25) is 5.91 Å². The number of Topliss-reactive ketones (excluding diaryl/α,β-unsaturated/α-hetero) is 1. The maximum Gasteiger partial charge on any atom is 0.244 e. The van der Waals surface area contributed by atoms with Gasteiger partial charge in [-0.3, -0.25) is 14.6 Å². The summed E-state index contributed by atoms with van der Waals surface area (Å²) in [4.78, 5) is 29.0. The highest BCUT2D eigenvalue weighted by Gasteiger charge is 2.08. The lowest BCUT2D eigenvalue weighted by molar-refractivity contribution is -0.116. The van der Waals surface area contributed by atoms with Crippen LogP contribution in [0.4, 0.5) is 5.69 Å². The van der Waals surface area contributed by atoms with Gasteiger partial charge in [-0.1, -0.05) is 23.7 Å². The molecule has 3 aromatic rings. The summed E-state index contributed by atoms with van der Waals surface area (Å²) < 4.78 is 0. The molecule has 148 valence electrons. The molecule has 0 unspecified atom stereocenters. The number of pyridine rings is 1. The summed E-state index contributed by atoms with van der Waals surface area (Å²) in [5.41, 5.74) is 2.62. The Morgan fingerprint density at radius 2 is 2.03 bits per heavy atom. The van der Waals surface area contributed by atoms with Crippen molar-refractivity contribution in [2.75, 3.05) is 18.4 Å². The van der Waals surface area contributed by atoms with Crippen molar-refractivity contribution in [3.63, 3.8) is 0 Å². The number of hydrogen-bond donors (Lipinski definition) is 2. The smallest absolute Gasteiger partial charge is 0.244 e. The van der Waals surface area contributed by atoms with E-state index in [1.54, 1.807) is 25.4 Å². The minimum atomic E-state index is -0.170. The average molecular weight is 426 g/mol. The topological polar surface area (TPSA) is 71.1 Å². The van der Waals surface area contributed by atoms with Gasteiger partial charge in [-0.05, 0) is 54.5 Å². The van der Waals surface area contributed by atoms with Crippen molar-refractivity contribution in [1.29, 1.82) is 0 Å². The molecule has 0 saturated carbocycles. The fourth-order valence-corrected chi connectivity index (χ4v) is 3.73. The van der Waals surface area contributed by atoms with Gasteiger partial charge in [0.1, 0.15) is 0 Å². The van der Waals surface area contributed by atoms with Crippen LogP contribution in [0.15, 0.2) is 60.9 Å². The van der Waals surface area contributed by atoms with Gasteiger partial charge >= 0.3 is 0 Å². The SMILES string of the molecule is CC(=O)c1ccc(-c2ccc(NCCNC(=O)C=Cc3cccnc3)c(Cl)c2)s1. The molecule has 2 aromatic heterocycles. The van der Waals surface area contributed by atoms with Gasteiger partial charge in [0.25, 0.3) is 0 Å². The van der Waals surface area contributed by atoms with Gasteiger partial charge in [0.15, 0.2) is 5.78 Å². The second-order valence-electron chi connectivity index (χ2n) is 6.25. The summed E-state index contributed by atoms with van der Waals surface area (Å²) in [6.07, 6.45) is 6.57. The third-order valence-corrected chi connectivity index (χ3v) is 5.61. The molecule has 0 radical (unpaired) electrons. The van der Waals surface area contributed by atoms with Gasteiger partial charge in [-0.15, -0.1) is 11.3 Å². The molecule has 0 aliphatic rings. The third kappa shape index (κ3) is 6.01. The minimum absolute atomic E-state index is 0.0583. The molecule has 0 spiro atoms. The van der Waals surface area contributed by atoms with E-state index in [0.29, 0.717) is 18.1 Å². The molecule has 0 saturated heterocycles. The number of carbonyl (C=O) groups excluding carboxylic acids is 2. The normalized spacial score (nSPS) is 10.8. The van der Waals surface area contributed by atoms with Gasteiger partial charge in [-0.25, -0.2) is 0 Å². The van der Waals surface area contributed by atoms with Crippen molar-refractivity contribution < 1.29 is 9.59 Å². The number of halogens is 1. The first-order chi connectivity index (χ1) is 14.0. The molecular formula is C22H20ClN3O2S. The number of rotatable bonds is 8. The molecule has 29 heavy (non-hydrogen) atoms. The molecule has 0 aliphatic carbocycles. The summed E-state index contributed by atoms with van der Waals surface area (Å²) in [6.45, 7) is 2.56. The summed E-state index contributed by atoms with van der Waals surface area (Å²) >= 11 is 7.83. The van der Waals surface area contributed by atoms with Crippen LogP contribution < -0.4 is 10.6 Å². The maximum atomic E-state index is 11.9. The van der Waals surface area contributed by atoms with Gasteiger partial charge in [0, 0.05) is 36.4 Å². The van der Waals surface area contributed by atoms with Crippen molar-refractivity contribution >= 4 is 46.4 Å². The summed E-state index contributed by atoms with van der Waals surface area (Å²) in [6, 6.07) is 13.2. The number of benzene rings is 1. The molecule has 3 rings (SSSR count). The number of anilines is 1. The van der Waals surface area contributed by atoms with Crippen LogP contribution in [0.25, 0.3) is 16.5 Å². The lowest BCUT2D eigenvalue weighted by Gasteiger charge is -2.10. The van der Waals surface area contributed by atoms with E-state index in [1.807, 2.05) is 42.5 Å². The summed E-state index contributed by atoms with van der Waals surface area (Å²) in [5.74, 6) is -0.112. The van der Waals surface area contributed by atoms with Crippen molar-refractivity contribution in [3.8, 4) is 10.4 Å². The molecule has 0 aliphatic heterocycles. The molecule has 1 aromatic carbocycles. The molecular weight excluding hydrogens is 406 g/mol. The number of thiophene rings is 1. The highest BCUT2D eigenvalue weighted by Crippen LogP contribution is 2.33. The van der Waals surface area contributed by atoms with E-state index in [-0.39, 0.29) is 11.7 Å². The highest BCUT2D eigenvalue weighted by molar-refractivity contribution is 7.17. The highest BCUT2D eigenvalue weighted by atomic mass is 35.5. The fourth-order valence-electron chi connectivity index (χ4n) is 2.58. The van der Waals surface area contributed by atoms with Gasteiger partial charge in [0.05, 0.1) is 15.6 Å². The van der Waals surface area contributed by atoms with E-state index in [4.69, 9.17) is 11.6 Å². The number of ketones is 1. The van der Waals surface area contributed by atoms with Crippen LogP contribution in [0.2, 0.25) is 5.02 Å². The molecule has 2 N–H and O–H groups in total. The molecule has 0 atom stereocenters. The molecule has 1 amide bonds. The molecule has 0 bridgehead atoms. The molecule has 0 fully saturated rings. The van der Waals surface area contributed by atoms with Crippen molar-refractivity contribution in [1.82, 2.24) is 10.3 Å². The zero-order valence-electron chi connectivity index (χ0n) is 15.8. The third-order valence-electron chi connectivity index (χ3n) is 4.06. The van der Waals surface area contributed by atoms with Crippen molar-refractivity contribution in [2.45, 2.75) is 6.92 Å². The lowest BCUT2D eigenvalue weighted by atomic mass is 10.1. The minimum Gasteiger partial charge on any atom is -0.382 e. The number of carbonyl (C=O) groups is 2. The van der Waals surface area contributed by atoms with Crippen LogP contribution in [0.5, 0.6) is 0 Å². The van der Waals surface area contributed by atoms with E-state index in [2.05, 4.69) is 15.6 Å².